The maximum Gasteiger partial charge on any atom is 0.239 e. The van der Waals surface area contributed by atoms with Crippen molar-refractivity contribution in [2.45, 2.75) is 25.9 Å². The summed E-state index contributed by atoms with van der Waals surface area (Å²) in [6, 6.07) is 5.54. The van der Waals surface area contributed by atoms with Gasteiger partial charge in [0.15, 0.2) is 5.82 Å². The molecule has 2 heterocycles. The number of nitrogens with one attached hydrogen (secondary N) is 1. The Hall–Kier alpha value is -2.21. The molecule has 2 aromatic rings. The highest BCUT2D eigenvalue weighted by Gasteiger charge is 2.21. The summed E-state index contributed by atoms with van der Waals surface area (Å²) in [7, 11) is 0. The van der Waals surface area contributed by atoms with Crippen molar-refractivity contribution in [2.75, 3.05) is 0 Å². The first-order valence-electron chi connectivity index (χ1n) is 5.99. The molecule has 0 aliphatic carbocycles. The topological polar surface area (TPSA) is 85.8 Å². The van der Waals surface area contributed by atoms with Crippen LogP contribution in [0.1, 0.15) is 19.4 Å². The average Bonchev–Trinajstić information content (AvgIpc) is 2.89. The lowest BCUT2D eigenvalue weighted by Crippen LogP contribution is -2.48. The van der Waals surface area contributed by atoms with Gasteiger partial charge in [-0.05, 0) is 37.6 Å². The maximum atomic E-state index is 11.7. The van der Waals surface area contributed by atoms with Crippen LogP contribution in [0.3, 0.4) is 0 Å². The second kappa shape index (κ2) is 5.19. The van der Waals surface area contributed by atoms with Crippen molar-refractivity contribution in [1.29, 1.82) is 0 Å². The van der Waals surface area contributed by atoms with Crippen LogP contribution in [0.4, 0.5) is 0 Å². The van der Waals surface area contributed by atoms with E-state index < -0.39 is 5.54 Å². The molecular formula is C13H17N5O. The second-order valence-electron chi connectivity index (χ2n) is 4.88. The molecule has 0 aromatic carbocycles. The summed E-state index contributed by atoms with van der Waals surface area (Å²) in [4.78, 5) is 15.9. The van der Waals surface area contributed by atoms with Crippen molar-refractivity contribution in [3.8, 4) is 5.82 Å². The predicted molar refractivity (Wildman–Crippen MR) is 71.5 cm³/mol. The van der Waals surface area contributed by atoms with E-state index in [1.807, 2.05) is 24.4 Å². The molecular weight excluding hydrogens is 242 g/mol. The van der Waals surface area contributed by atoms with E-state index in [1.165, 1.54) is 0 Å². The Morgan fingerprint density at radius 3 is 2.89 bits per heavy atom. The third-order valence-electron chi connectivity index (χ3n) is 2.59. The van der Waals surface area contributed by atoms with Gasteiger partial charge >= 0.3 is 0 Å². The molecule has 3 N–H and O–H groups in total. The van der Waals surface area contributed by atoms with Gasteiger partial charge in [-0.1, -0.05) is 0 Å². The molecule has 0 atom stereocenters. The SMILES string of the molecule is CC(C)(N)C(=O)NCc1ccnc(-n2cccn2)c1. The van der Waals surface area contributed by atoms with Crippen molar-refractivity contribution in [2.24, 2.45) is 5.73 Å². The normalized spacial score (nSPS) is 11.3. The summed E-state index contributed by atoms with van der Waals surface area (Å²) >= 11 is 0. The molecule has 0 unspecified atom stereocenters. The fraction of sp³-hybridized carbons (Fsp3) is 0.308. The Labute approximate surface area is 111 Å². The zero-order chi connectivity index (χ0) is 13.9. The first-order valence-corrected chi connectivity index (χ1v) is 5.99. The summed E-state index contributed by atoms with van der Waals surface area (Å²) < 4.78 is 1.66. The summed E-state index contributed by atoms with van der Waals surface area (Å²) in [5, 5.41) is 6.90. The van der Waals surface area contributed by atoms with Gasteiger partial charge < -0.3 is 11.1 Å². The van der Waals surface area contributed by atoms with Gasteiger partial charge in [-0.15, -0.1) is 0 Å². The van der Waals surface area contributed by atoms with Gasteiger partial charge in [0.1, 0.15) is 0 Å². The first-order chi connectivity index (χ1) is 8.97. The van der Waals surface area contributed by atoms with Crippen LogP contribution in [0.2, 0.25) is 0 Å². The van der Waals surface area contributed by atoms with Gasteiger partial charge in [-0.2, -0.15) is 5.10 Å². The van der Waals surface area contributed by atoms with E-state index in [1.54, 1.807) is 30.9 Å². The number of aromatic nitrogens is 3. The molecule has 0 saturated carbocycles. The van der Waals surface area contributed by atoms with E-state index in [9.17, 15) is 4.79 Å². The standard InChI is InChI=1S/C13H17N5O/c1-13(2,14)12(19)16-9-10-4-6-15-11(8-10)18-7-3-5-17-18/h3-8H,9,14H2,1-2H3,(H,16,19). The minimum atomic E-state index is -0.877. The molecule has 0 bridgehead atoms. The largest absolute Gasteiger partial charge is 0.350 e. The number of amides is 1. The Morgan fingerprint density at radius 2 is 2.26 bits per heavy atom. The third-order valence-corrected chi connectivity index (χ3v) is 2.59. The van der Waals surface area contributed by atoms with E-state index in [4.69, 9.17) is 5.73 Å². The lowest BCUT2D eigenvalue weighted by Gasteiger charge is -2.17. The Balaban J connectivity index is 2.06. The highest BCUT2D eigenvalue weighted by atomic mass is 16.2. The molecule has 6 nitrogen and oxygen atoms in total. The Kier molecular flexibility index (Phi) is 3.62. The average molecular weight is 259 g/mol. The predicted octanol–water partition coefficient (Wildman–Crippen LogP) is 0.621. The fourth-order valence-electron chi connectivity index (χ4n) is 1.51. The molecule has 0 spiro atoms. The van der Waals surface area contributed by atoms with Crippen LogP contribution >= 0.6 is 0 Å². The number of pyridine rings is 1. The van der Waals surface area contributed by atoms with Crippen molar-refractivity contribution < 1.29 is 4.79 Å². The number of hydrogen-bond donors (Lipinski definition) is 2. The second-order valence-corrected chi connectivity index (χ2v) is 4.88. The summed E-state index contributed by atoms with van der Waals surface area (Å²) in [6.45, 7) is 3.75. The number of nitrogens with zero attached hydrogens (tertiary/aromatic N) is 3. The van der Waals surface area contributed by atoms with Crippen molar-refractivity contribution in [3.05, 3.63) is 42.4 Å². The molecule has 19 heavy (non-hydrogen) atoms. The van der Waals surface area contributed by atoms with Gasteiger partial charge in [0.25, 0.3) is 0 Å². The van der Waals surface area contributed by atoms with Gasteiger partial charge in [-0.3, -0.25) is 4.79 Å². The van der Waals surface area contributed by atoms with Gasteiger partial charge in [-0.25, -0.2) is 9.67 Å². The molecule has 0 aliphatic heterocycles. The van der Waals surface area contributed by atoms with Crippen LogP contribution in [0.5, 0.6) is 0 Å². The van der Waals surface area contributed by atoms with Crippen LogP contribution in [0.25, 0.3) is 5.82 Å². The zero-order valence-electron chi connectivity index (χ0n) is 11.0. The van der Waals surface area contributed by atoms with Crippen LogP contribution in [-0.2, 0) is 11.3 Å². The smallest absolute Gasteiger partial charge is 0.239 e. The van der Waals surface area contributed by atoms with E-state index in [0.29, 0.717) is 12.4 Å². The maximum absolute atomic E-state index is 11.7. The highest BCUT2D eigenvalue weighted by molar-refractivity contribution is 5.84. The van der Waals surface area contributed by atoms with Crippen molar-refractivity contribution in [1.82, 2.24) is 20.1 Å². The molecule has 1 amide bonds. The monoisotopic (exact) mass is 259 g/mol. The molecule has 0 fully saturated rings. The van der Waals surface area contributed by atoms with Crippen LogP contribution in [0, 0.1) is 0 Å². The summed E-state index contributed by atoms with van der Waals surface area (Å²) in [6.07, 6.45) is 5.19. The summed E-state index contributed by atoms with van der Waals surface area (Å²) in [5.41, 5.74) is 5.78. The minimum Gasteiger partial charge on any atom is -0.350 e. The van der Waals surface area contributed by atoms with Crippen LogP contribution in [-0.4, -0.2) is 26.2 Å². The number of nitrogens with two attached hydrogens (primary N) is 1. The lowest BCUT2D eigenvalue weighted by atomic mass is 10.1. The van der Waals surface area contributed by atoms with Crippen molar-refractivity contribution >= 4 is 5.91 Å². The highest BCUT2D eigenvalue weighted by Crippen LogP contribution is 2.06. The summed E-state index contributed by atoms with van der Waals surface area (Å²) in [5.74, 6) is 0.522. The molecule has 2 aromatic heterocycles. The van der Waals surface area contributed by atoms with Crippen molar-refractivity contribution in [3.63, 3.8) is 0 Å². The number of carbonyl (C=O) groups is 1. The van der Waals surface area contributed by atoms with E-state index in [-0.39, 0.29) is 5.91 Å². The third kappa shape index (κ3) is 3.38. The van der Waals surface area contributed by atoms with E-state index >= 15 is 0 Å². The van der Waals surface area contributed by atoms with Gasteiger partial charge in [0, 0.05) is 25.1 Å². The molecule has 100 valence electrons. The number of rotatable bonds is 4. The Morgan fingerprint density at radius 1 is 1.47 bits per heavy atom. The molecule has 0 saturated heterocycles. The van der Waals surface area contributed by atoms with Gasteiger partial charge in [0.05, 0.1) is 5.54 Å². The minimum absolute atomic E-state index is 0.190. The number of hydrogen-bond acceptors (Lipinski definition) is 4. The first kappa shape index (κ1) is 13.2. The molecule has 0 aliphatic rings. The van der Waals surface area contributed by atoms with Crippen LogP contribution in [0.15, 0.2) is 36.8 Å². The molecule has 0 radical (unpaired) electrons. The van der Waals surface area contributed by atoms with E-state index in [2.05, 4.69) is 15.4 Å². The van der Waals surface area contributed by atoms with Crippen LogP contribution < -0.4 is 11.1 Å². The quantitative estimate of drug-likeness (QED) is 0.843. The van der Waals surface area contributed by atoms with E-state index in [0.717, 1.165) is 5.56 Å². The number of carbonyl (C=O) groups excluding carboxylic acids is 1. The Bertz CT molecular complexity index is 557. The fourth-order valence-corrected chi connectivity index (χ4v) is 1.51. The van der Waals surface area contributed by atoms with Gasteiger partial charge in [0.2, 0.25) is 5.91 Å². The molecule has 6 heteroatoms. The zero-order valence-corrected chi connectivity index (χ0v) is 11.0. The molecule has 2 rings (SSSR count). The lowest BCUT2D eigenvalue weighted by molar-refractivity contribution is -0.125.